The van der Waals surface area contributed by atoms with Gasteiger partial charge in [-0.15, -0.1) is 11.3 Å². The van der Waals surface area contributed by atoms with E-state index in [0.29, 0.717) is 29.6 Å². The van der Waals surface area contributed by atoms with E-state index < -0.39 is 16.8 Å². The van der Waals surface area contributed by atoms with Crippen LogP contribution in [0.4, 0.5) is 5.69 Å². The summed E-state index contributed by atoms with van der Waals surface area (Å²) >= 11 is 1.27. The fraction of sp³-hybridized carbons (Fsp3) is 0.333. The van der Waals surface area contributed by atoms with Gasteiger partial charge < -0.3 is 10.0 Å². The third kappa shape index (κ3) is 3.02. The molecule has 0 spiro atoms. The molecule has 23 heavy (non-hydrogen) atoms. The van der Waals surface area contributed by atoms with Crippen molar-refractivity contribution in [2.75, 3.05) is 13.1 Å². The number of nitro groups is 1. The summed E-state index contributed by atoms with van der Waals surface area (Å²) in [5.41, 5.74) is -0.0155. The lowest BCUT2D eigenvalue weighted by Gasteiger charge is -2.30. The van der Waals surface area contributed by atoms with Gasteiger partial charge in [-0.05, 0) is 25.0 Å². The molecule has 0 saturated carbocycles. The van der Waals surface area contributed by atoms with Crippen LogP contribution in [0.5, 0.6) is 0 Å². The normalized spacial score (nSPS) is 18.1. The molecular weight excluding hydrogens is 320 g/mol. The van der Waals surface area contributed by atoms with Crippen LogP contribution in [0.2, 0.25) is 0 Å². The van der Waals surface area contributed by atoms with Crippen LogP contribution in [-0.2, 0) is 4.79 Å². The molecule has 0 radical (unpaired) electrons. The number of hydrogen-bond donors (Lipinski definition) is 1. The molecule has 8 heteroatoms. The van der Waals surface area contributed by atoms with E-state index >= 15 is 0 Å². The topological polar surface area (TPSA) is 101 Å². The minimum Gasteiger partial charge on any atom is -0.481 e. The first-order valence-electron chi connectivity index (χ1n) is 7.16. The molecule has 0 aliphatic carbocycles. The highest BCUT2D eigenvalue weighted by Gasteiger charge is 2.29. The molecule has 1 fully saturated rings. The van der Waals surface area contributed by atoms with Gasteiger partial charge in [-0.3, -0.25) is 19.7 Å². The van der Waals surface area contributed by atoms with Crippen LogP contribution < -0.4 is 0 Å². The quantitative estimate of drug-likeness (QED) is 0.687. The van der Waals surface area contributed by atoms with Crippen molar-refractivity contribution in [2.24, 2.45) is 5.92 Å². The largest absolute Gasteiger partial charge is 0.481 e. The minimum atomic E-state index is -0.880. The third-order valence-electron chi connectivity index (χ3n) is 3.98. The van der Waals surface area contributed by atoms with Crippen molar-refractivity contribution in [3.05, 3.63) is 39.3 Å². The number of carbonyl (C=O) groups excluding carboxylic acids is 1. The standard InChI is InChI=1S/C15H14N2O5S/c18-14(16-5-1-2-9(8-16)15(19)20)13-7-10-6-11(17(21)22)3-4-12(10)23-13/h3-4,6-7,9H,1-2,5,8H2,(H,19,20). The van der Waals surface area contributed by atoms with Gasteiger partial charge in [-0.25, -0.2) is 0 Å². The zero-order valence-corrected chi connectivity index (χ0v) is 12.9. The maximum Gasteiger partial charge on any atom is 0.308 e. The van der Waals surface area contributed by atoms with Crippen molar-refractivity contribution in [3.8, 4) is 0 Å². The molecule has 1 amide bonds. The Labute approximate surface area is 135 Å². The van der Waals surface area contributed by atoms with E-state index in [1.165, 1.54) is 23.5 Å². The van der Waals surface area contributed by atoms with Gasteiger partial charge in [-0.1, -0.05) is 0 Å². The first-order chi connectivity index (χ1) is 11.0. The lowest BCUT2D eigenvalue weighted by Crippen LogP contribution is -2.42. The molecule has 1 unspecified atom stereocenters. The number of non-ortho nitro benzene ring substituents is 1. The molecule has 1 N–H and O–H groups in total. The number of nitrogens with zero attached hydrogens (tertiary/aromatic N) is 2. The summed E-state index contributed by atoms with van der Waals surface area (Å²) in [5, 5.41) is 20.6. The van der Waals surface area contributed by atoms with Crippen LogP contribution in [0.25, 0.3) is 10.1 Å². The maximum absolute atomic E-state index is 12.6. The molecule has 120 valence electrons. The van der Waals surface area contributed by atoms with Gasteiger partial charge in [0.05, 0.1) is 15.7 Å². The fourth-order valence-electron chi connectivity index (χ4n) is 2.77. The van der Waals surface area contributed by atoms with E-state index in [9.17, 15) is 19.7 Å². The lowest BCUT2D eigenvalue weighted by atomic mass is 9.98. The summed E-state index contributed by atoms with van der Waals surface area (Å²) in [7, 11) is 0. The number of amides is 1. The lowest BCUT2D eigenvalue weighted by molar-refractivity contribution is -0.384. The number of thiophene rings is 1. The predicted octanol–water partition coefficient (Wildman–Crippen LogP) is 2.75. The zero-order chi connectivity index (χ0) is 16.6. The second-order valence-electron chi connectivity index (χ2n) is 5.52. The summed E-state index contributed by atoms with van der Waals surface area (Å²) in [6.45, 7) is 0.750. The first kappa shape index (κ1) is 15.4. The summed E-state index contributed by atoms with van der Waals surface area (Å²) in [5.74, 6) is -1.61. The molecule has 1 aliphatic heterocycles. The molecule has 1 atom stereocenters. The number of nitro benzene ring substituents is 1. The van der Waals surface area contributed by atoms with Crippen LogP contribution in [0, 0.1) is 16.0 Å². The van der Waals surface area contributed by atoms with E-state index in [0.717, 1.165) is 4.70 Å². The van der Waals surface area contributed by atoms with Crippen LogP contribution >= 0.6 is 11.3 Å². The van der Waals surface area contributed by atoms with Crippen molar-refractivity contribution in [1.82, 2.24) is 4.90 Å². The highest BCUT2D eigenvalue weighted by Crippen LogP contribution is 2.30. The molecular formula is C15H14N2O5S. The molecule has 3 rings (SSSR count). The SMILES string of the molecule is O=C(O)C1CCCN(C(=O)c2cc3cc([N+](=O)[O-])ccc3s2)C1. The number of hydrogen-bond acceptors (Lipinski definition) is 5. The van der Waals surface area contributed by atoms with E-state index in [4.69, 9.17) is 5.11 Å². The minimum absolute atomic E-state index is 0.0155. The van der Waals surface area contributed by atoms with Crippen molar-refractivity contribution in [2.45, 2.75) is 12.8 Å². The molecule has 1 aromatic carbocycles. The molecule has 1 aliphatic rings. The smallest absolute Gasteiger partial charge is 0.308 e. The number of rotatable bonds is 3. The summed E-state index contributed by atoms with van der Waals surface area (Å²) in [6, 6.07) is 6.12. The van der Waals surface area contributed by atoms with Gasteiger partial charge in [0, 0.05) is 35.3 Å². The van der Waals surface area contributed by atoms with E-state index in [-0.39, 0.29) is 18.1 Å². The highest BCUT2D eigenvalue weighted by molar-refractivity contribution is 7.20. The Morgan fingerprint density at radius 3 is 2.83 bits per heavy atom. The maximum atomic E-state index is 12.6. The van der Waals surface area contributed by atoms with Gasteiger partial charge in [0.1, 0.15) is 0 Å². The van der Waals surface area contributed by atoms with Gasteiger partial charge in [0.15, 0.2) is 0 Å². The number of fused-ring (bicyclic) bond motifs is 1. The Morgan fingerprint density at radius 1 is 1.35 bits per heavy atom. The average Bonchev–Trinajstić information content (AvgIpc) is 2.97. The summed E-state index contributed by atoms with van der Waals surface area (Å²) in [6.07, 6.45) is 1.25. The van der Waals surface area contributed by atoms with E-state index in [1.807, 2.05) is 0 Å². The van der Waals surface area contributed by atoms with Crippen LogP contribution in [0.3, 0.4) is 0 Å². The molecule has 7 nitrogen and oxygen atoms in total. The Morgan fingerprint density at radius 2 is 2.13 bits per heavy atom. The third-order valence-corrected chi connectivity index (χ3v) is 5.08. The van der Waals surface area contributed by atoms with Crippen LogP contribution in [0.1, 0.15) is 22.5 Å². The molecule has 2 heterocycles. The van der Waals surface area contributed by atoms with Gasteiger partial charge in [-0.2, -0.15) is 0 Å². The van der Waals surface area contributed by atoms with Crippen LogP contribution in [0.15, 0.2) is 24.3 Å². The number of carboxylic acids is 1. The van der Waals surface area contributed by atoms with Gasteiger partial charge in [0.25, 0.3) is 11.6 Å². The number of aliphatic carboxylic acids is 1. The Kier molecular flexibility index (Phi) is 3.99. The second kappa shape index (κ2) is 5.96. The van der Waals surface area contributed by atoms with Crippen molar-refractivity contribution >= 4 is 39.0 Å². The van der Waals surface area contributed by atoms with Crippen molar-refractivity contribution < 1.29 is 19.6 Å². The monoisotopic (exact) mass is 334 g/mol. The molecule has 2 aromatic rings. The van der Waals surface area contributed by atoms with Crippen molar-refractivity contribution in [1.29, 1.82) is 0 Å². The van der Waals surface area contributed by atoms with E-state index in [2.05, 4.69) is 0 Å². The molecule has 1 aromatic heterocycles. The summed E-state index contributed by atoms with van der Waals surface area (Å²) in [4.78, 5) is 36.0. The Balaban J connectivity index is 1.86. The number of benzene rings is 1. The van der Waals surface area contributed by atoms with Gasteiger partial charge in [0.2, 0.25) is 0 Å². The highest BCUT2D eigenvalue weighted by atomic mass is 32.1. The fourth-order valence-corrected chi connectivity index (χ4v) is 3.78. The van der Waals surface area contributed by atoms with Crippen LogP contribution in [-0.4, -0.2) is 39.9 Å². The summed E-state index contributed by atoms with van der Waals surface area (Å²) < 4.78 is 0.797. The van der Waals surface area contributed by atoms with Gasteiger partial charge >= 0.3 is 5.97 Å². The Hall–Kier alpha value is -2.48. The first-order valence-corrected chi connectivity index (χ1v) is 7.97. The number of likely N-dealkylation sites (tertiary alicyclic amines) is 1. The molecule has 1 saturated heterocycles. The number of carbonyl (C=O) groups is 2. The predicted molar refractivity (Wildman–Crippen MR) is 84.7 cm³/mol. The number of carboxylic acid groups (broad SMARTS) is 1. The molecule has 0 bridgehead atoms. The number of piperidine rings is 1. The average molecular weight is 334 g/mol. The zero-order valence-electron chi connectivity index (χ0n) is 12.1. The van der Waals surface area contributed by atoms with E-state index in [1.54, 1.807) is 17.0 Å². The second-order valence-corrected chi connectivity index (χ2v) is 6.60. The van der Waals surface area contributed by atoms with Crippen molar-refractivity contribution in [3.63, 3.8) is 0 Å². The Bertz CT molecular complexity index is 800.